The maximum Gasteiger partial charge on any atom is 0.243 e. The predicted molar refractivity (Wildman–Crippen MR) is 79.2 cm³/mol. The van der Waals surface area contributed by atoms with Crippen molar-refractivity contribution < 1.29 is 8.42 Å². The molecule has 1 aromatic carbocycles. The van der Waals surface area contributed by atoms with Crippen LogP contribution in [0.3, 0.4) is 0 Å². The fraction of sp³-hybridized carbons (Fsp3) is 0.533. The predicted octanol–water partition coefficient (Wildman–Crippen LogP) is 1.38. The van der Waals surface area contributed by atoms with Gasteiger partial charge < -0.3 is 5.32 Å². The molecule has 6 heteroatoms. The number of benzene rings is 1. The summed E-state index contributed by atoms with van der Waals surface area (Å²) in [6.45, 7) is 3.37. The second kappa shape index (κ2) is 5.41. The van der Waals surface area contributed by atoms with E-state index in [9.17, 15) is 8.42 Å². The molecule has 1 saturated carbocycles. The average Bonchev–Trinajstić information content (AvgIpc) is 3.12. The van der Waals surface area contributed by atoms with Gasteiger partial charge in [0, 0.05) is 18.6 Å². The Kier molecular flexibility index (Phi) is 3.74. The van der Waals surface area contributed by atoms with Gasteiger partial charge in [-0.05, 0) is 56.5 Å². The lowest BCUT2D eigenvalue weighted by Crippen LogP contribution is -2.43. The lowest BCUT2D eigenvalue weighted by atomic mass is 10.1. The maximum absolute atomic E-state index is 13.0. The normalized spacial score (nSPS) is 22.4. The molecule has 21 heavy (non-hydrogen) atoms. The molecule has 1 atom stereocenters. The van der Waals surface area contributed by atoms with Gasteiger partial charge >= 0.3 is 0 Å². The van der Waals surface area contributed by atoms with Gasteiger partial charge in [-0.3, -0.25) is 0 Å². The summed E-state index contributed by atoms with van der Waals surface area (Å²) in [5, 5.41) is 12.2. The van der Waals surface area contributed by atoms with Crippen LogP contribution in [0.4, 0.5) is 0 Å². The molecule has 0 radical (unpaired) electrons. The van der Waals surface area contributed by atoms with Crippen LogP contribution >= 0.6 is 0 Å². The third-order valence-corrected chi connectivity index (χ3v) is 6.20. The maximum atomic E-state index is 13.0. The minimum absolute atomic E-state index is 0.0541. The molecule has 1 aliphatic heterocycles. The van der Waals surface area contributed by atoms with E-state index < -0.39 is 10.0 Å². The van der Waals surface area contributed by atoms with Gasteiger partial charge in [0.15, 0.2) is 0 Å². The molecule has 0 aromatic heterocycles. The summed E-state index contributed by atoms with van der Waals surface area (Å²) < 4.78 is 27.6. The van der Waals surface area contributed by atoms with E-state index in [0.29, 0.717) is 16.0 Å². The number of rotatable bonds is 4. The van der Waals surface area contributed by atoms with Gasteiger partial charge in [-0.1, -0.05) is 0 Å². The molecule has 2 fully saturated rings. The van der Waals surface area contributed by atoms with Crippen molar-refractivity contribution in [3.05, 3.63) is 29.3 Å². The van der Waals surface area contributed by atoms with Crippen LogP contribution < -0.4 is 5.32 Å². The number of hydrogen-bond acceptors (Lipinski definition) is 4. The first kappa shape index (κ1) is 14.5. The zero-order chi connectivity index (χ0) is 15.0. The summed E-state index contributed by atoms with van der Waals surface area (Å²) in [6, 6.07) is 7.05. The van der Waals surface area contributed by atoms with E-state index in [4.69, 9.17) is 5.26 Å². The minimum Gasteiger partial charge on any atom is -0.315 e. The Morgan fingerprint density at radius 1 is 1.29 bits per heavy atom. The van der Waals surface area contributed by atoms with Crippen LogP contribution in [0, 0.1) is 18.3 Å². The largest absolute Gasteiger partial charge is 0.315 e. The number of aryl methyl sites for hydroxylation is 1. The van der Waals surface area contributed by atoms with Gasteiger partial charge in [0.25, 0.3) is 0 Å². The molecule has 1 unspecified atom stereocenters. The van der Waals surface area contributed by atoms with Crippen molar-refractivity contribution in [2.24, 2.45) is 0 Å². The standard InChI is InChI=1S/C15H19N3O2S/c1-11-8-15(5-2-12(11)9-16)21(19,20)18(13-3-4-13)14-6-7-17-10-14/h2,5,8,13-14,17H,3-4,6-7,10H2,1H3. The molecule has 1 heterocycles. The average molecular weight is 305 g/mol. The van der Waals surface area contributed by atoms with Crippen LogP contribution in [-0.2, 0) is 10.0 Å². The number of sulfonamides is 1. The van der Waals surface area contributed by atoms with E-state index in [-0.39, 0.29) is 12.1 Å². The van der Waals surface area contributed by atoms with Crippen molar-refractivity contribution in [2.45, 2.75) is 43.2 Å². The number of nitrogens with zero attached hydrogens (tertiary/aromatic N) is 2. The molecule has 2 aliphatic rings. The van der Waals surface area contributed by atoms with E-state index in [1.807, 2.05) is 0 Å². The SMILES string of the molecule is Cc1cc(S(=O)(=O)N(C2CC2)C2CCNC2)ccc1C#N. The molecule has 5 nitrogen and oxygen atoms in total. The summed E-state index contributed by atoms with van der Waals surface area (Å²) in [6.07, 6.45) is 2.76. The molecule has 0 amide bonds. The van der Waals surface area contributed by atoms with Gasteiger partial charge in [0.1, 0.15) is 0 Å². The van der Waals surface area contributed by atoms with Gasteiger partial charge in [-0.2, -0.15) is 9.57 Å². The summed E-state index contributed by atoms with van der Waals surface area (Å²) >= 11 is 0. The minimum atomic E-state index is -3.48. The van der Waals surface area contributed by atoms with Crippen LogP contribution in [-0.4, -0.2) is 37.9 Å². The van der Waals surface area contributed by atoms with Gasteiger partial charge in [0.2, 0.25) is 10.0 Å². The van der Waals surface area contributed by atoms with Crippen molar-refractivity contribution in [3.63, 3.8) is 0 Å². The van der Waals surface area contributed by atoms with Crippen molar-refractivity contribution >= 4 is 10.0 Å². The number of nitrogens with one attached hydrogen (secondary N) is 1. The van der Waals surface area contributed by atoms with E-state index in [0.717, 1.165) is 32.4 Å². The highest BCUT2D eigenvalue weighted by molar-refractivity contribution is 7.89. The van der Waals surface area contributed by atoms with Crippen molar-refractivity contribution in [1.29, 1.82) is 5.26 Å². The zero-order valence-electron chi connectivity index (χ0n) is 12.0. The van der Waals surface area contributed by atoms with Gasteiger partial charge in [-0.15, -0.1) is 0 Å². The highest BCUT2D eigenvalue weighted by Gasteiger charge is 2.43. The zero-order valence-corrected chi connectivity index (χ0v) is 12.9. The van der Waals surface area contributed by atoms with E-state index in [2.05, 4.69) is 11.4 Å². The molecule has 0 bridgehead atoms. The van der Waals surface area contributed by atoms with Crippen LogP contribution in [0.25, 0.3) is 0 Å². The van der Waals surface area contributed by atoms with Crippen LogP contribution in [0.5, 0.6) is 0 Å². The highest BCUT2D eigenvalue weighted by Crippen LogP contribution is 2.35. The Balaban J connectivity index is 1.97. The Morgan fingerprint density at radius 3 is 2.57 bits per heavy atom. The summed E-state index contributed by atoms with van der Waals surface area (Å²) in [4.78, 5) is 0.304. The third kappa shape index (κ3) is 2.69. The van der Waals surface area contributed by atoms with E-state index >= 15 is 0 Å². The Hall–Kier alpha value is -1.42. The second-order valence-corrected chi connectivity index (χ2v) is 7.64. The van der Waals surface area contributed by atoms with Crippen LogP contribution in [0.15, 0.2) is 23.1 Å². The Bertz CT molecular complexity index is 683. The monoisotopic (exact) mass is 305 g/mol. The lowest BCUT2D eigenvalue weighted by molar-refractivity contribution is 0.327. The first-order valence-corrected chi connectivity index (χ1v) is 8.73. The first-order chi connectivity index (χ1) is 10.0. The van der Waals surface area contributed by atoms with Gasteiger partial charge in [0.05, 0.1) is 16.5 Å². The molecule has 0 spiro atoms. The molecule has 1 aromatic rings. The quantitative estimate of drug-likeness (QED) is 0.912. The van der Waals surface area contributed by atoms with Crippen LogP contribution in [0.1, 0.15) is 30.4 Å². The molecule has 1 saturated heterocycles. The first-order valence-electron chi connectivity index (χ1n) is 7.29. The second-order valence-electron chi connectivity index (χ2n) is 5.80. The van der Waals surface area contributed by atoms with E-state index in [1.165, 1.54) is 0 Å². The van der Waals surface area contributed by atoms with E-state index in [1.54, 1.807) is 29.4 Å². The van der Waals surface area contributed by atoms with Crippen molar-refractivity contribution in [1.82, 2.24) is 9.62 Å². The lowest BCUT2D eigenvalue weighted by Gasteiger charge is -2.27. The molecule has 3 rings (SSSR count). The topological polar surface area (TPSA) is 73.2 Å². The van der Waals surface area contributed by atoms with Crippen LogP contribution in [0.2, 0.25) is 0 Å². The highest BCUT2D eigenvalue weighted by atomic mass is 32.2. The number of nitriles is 1. The van der Waals surface area contributed by atoms with Gasteiger partial charge in [-0.25, -0.2) is 8.42 Å². The molecule has 112 valence electrons. The Morgan fingerprint density at radius 2 is 2.05 bits per heavy atom. The summed E-state index contributed by atoms with van der Waals surface area (Å²) in [5.74, 6) is 0. The van der Waals surface area contributed by atoms with Crippen molar-refractivity contribution in [2.75, 3.05) is 13.1 Å². The molecular weight excluding hydrogens is 286 g/mol. The summed E-state index contributed by atoms with van der Waals surface area (Å²) in [7, 11) is -3.48. The Labute approximate surface area is 125 Å². The molecular formula is C15H19N3O2S. The molecule has 1 N–H and O–H groups in total. The summed E-state index contributed by atoms with van der Waals surface area (Å²) in [5.41, 5.74) is 1.23. The third-order valence-electron chi connectivity index (χ3n) is 4.19. The molecule has 1 aliphatic carbocycles. The fourth-order valence-corrected chi connectivity index (χ4v) is 4.90. The fourth-order valence-electron chi connectivity index (χ4n) is 2.92. The van der Waals surface area contributed by atoms with Crippen molar-refractivity contribution in [3.8, 4) is 6.07 Å². The number of hydrogen-bond donors (Lipinski definition) is 1. The smallest absolute Gasteiger partial charge is 0.243 e.